The molecule has 1 aliphatic heterocycles. The quantitative estimate of drug-likeness (QED) is 0.827. The van der Waals surface area contributed by atoms with Gasteiger partial charge in [-0.2, -0.15) is 0 Å². The largest absolute Gasteiger partial charge is 0.444 e. The minimum atomic E-state index is -0.434. The van der Waals surface area contributed by atoms with Gasteiger partial charge in [0, 0.05) is 32.7 Å². The van der Waals surface area contributed by atoms with Crippen molar-refractivity contribution in [2.45, 2.75) is 45.3 Å². The maximum Gasteiger partial charge on any atom is 0.410 e. The molecular formula is C13H27N3O2. The van der Waals surface area contributed by atoms with Crippen LogP contribution in [0.25, 0.3) is 0 Å². The van der Waals surface area contributed by atoms with E-state index in [1.807, 2.05) is 27.8 Å². The monoisotopic (exact) mass is 257 g/mol. The summed E-state index contributed by atoms with van der Waals surface area (Å²) in [5.41, 5.74) is 5.14. The number of ether oxygens (including phenoxy) is 1. The van der Waals surface area contributed by atoms with Gasteiger partial charge in [-0.25, -0.2) is 4.79 Å². The molecule has 0 aromatic carbocycles. The highest BCUT2D eigenvalue weighted by molar-refractivity contribution is 5.68. The lowest BCUT2D eigenvalue weighted by molar-refractivity contribution is 0.0137. The van der Waals surface area contributed by atoms with Gasteiger partial charge >= 0.3 is 6.09 Å². The summed E-state index contributed by atoms with van der Waals surface area (Å²) >= 11 is 0. The molecule has 0 radical (unpaired) electrons. The molecule has 5 heteroatoms. The first-order valence-corrected chi connectivity index (χ1v) is 6.71. The number of piperidine rings is 1. The van der Waals surface area contributed by atoms with Gasteiger partial charge in [-0.3, -0.25) is 0 Å². The average molecular weight is 257 g/mol. The molecule has 0 saturated carbocycles. The second-order valence-corrected chi connectivity index (χ2v) is 5.98. The van der Waals surface area contributed by atoms with Crippen molar-refractivity contribution in [3.63, 3.8) is 0 Å². The highest BCUT2D eigenvalue weighted by atomic mass is 16.6. The smallest absolute Gasteiger partial charge is 0.410 e. The predicted molar refractivity (Wildman–Crippen MR) is 72.5 cm³/mol. The van der Waals surface area contributed by atoms with Crippen molar-refractivity contribution in [2.24, 2.45) is 5.73 Å². The number of likely N-dealkylation sites (N-methyl/N-ethyl adjacent to an activating group) is 1. The Morgan fingerprint density at radius 1 is 1.50 bits per heavy atom. The lowest BCUT2D eigenvalue weighted by Crippen LogP contribution is -2.50. The number of nitrogens with zero attached hydrogens (tertiary/aromatic N) is 2. The number of hydrogen-bond donors (Lipinski definition) is 1. The van der Waals surface area contributed by atoms with Crippen molar-refractivity contribution in [2.75, 3.05) is 33.2 Å². The zero-order valence-electron chi connectivity index (χ0n) is 12.1. The Labute approximate surface area is 110 Å². The van der Waals surface area contributed by atoms with Crippen molar-refractivity contribution >= 4 is 6.09 Å². The van der Waals surface area contributed by atoms with Gasteiger partial charge in [-0.15, -0.1) is 0 Å². The van der Waals surface area contributed by atoms with Gasteiger partial charge in [0.05, 0.1) is 0 Å². The Bertz CT molecular complexity index is 274. The summed E-state index contributed by atoms with van der Waals surface area (Å²) in [6.07, 6.45) is 1.91. The zero-order chi connectivity index (χ0) is 13.8. The lowest BCUT2D eigenvalue weighted by Gasteiger charge is -2.37. The van der Waals surface area contributed by atoms with Gasteiger partial charge < -0.3 is 20.3 Å². The van der Waals surface area contributed by atoms with Crippen LogP contribution in [0.1, 0.15) is 33.6 Å². The summed E-state index contributed by atoms with van der Waals surface area (Å²) < 4.78 is 5.39. The Morgan fingerprint density at radius 2 is 2.17 bits per heavy atom. The molecule has 1 fully saturated rings. The molecule has 1 heterocycles. The van der Waals surface area contributed by atoms with Crippen LogP contribution in [0.3, 0.4) is 0 Å². The second-order valence-electron chi connectivity index (χ2n) is 5.98. The molecule has 18 heavy (non-hydrogen) atoms. The van der Waals surface area contributed by atoms with Crippen molar-refractivity contribution in [3.8, 4) is 0 Å². The van der Waals surface area contributed by atoms with Gasteiger partial charge in [0.15, 0.2) is 0 Å². The van der Waals surface area contributed by atoms with Crippen LogP contribution in [0.5, 0.6) is 0 Å². The van der Waals surface area contributed by atoms with Crippen molar-refractivity contribution in [1.82, 2.24) is 9.80 Å². The Morgan fingerprint density at radius 3 is 2.72 bits per heavy atom. The summed E-state index contributed by atoms with van der Waals surface area (Å²) in [5, 5.41) is 0. The average Bonchev–Trinajstić information content (AvgIpc) is 2.26. The summed E-state index contributed by atoms with van der Waals surface area (Å²) in [6, 6.07) is 0.236. The lowest BCUT2D eigenvalue weighted by atomic mass is 10.0. The number of likely N-dealkylation sites (tertiary alicyclic amines) is 1. The van der Waals surface area contributed by atoms with Crippen LogP contribution >= 0.6 is 0 Å². The molecule has 106 valence electrons. The standard InChI is InChI=1S/C13H27N3O2/c1-13(2,3)18-12(17)15(4)11-6-5-8-16(10-11)9-7-14/h11H,5-10,14H2,1-4H3. The summed E-state index contributed by atoms with van der Waals surface area (Å²) in [4.78, 5) is 16.0. The Kier molecular flexibility index (Phi) is 5.41. The third-order valence-corrected chi connectivity index (χ3v) is 3.16. The van der Waals surface area contributed by atoms with Gasteiger partial charge in [0.1, 0.15) is 5.60 Å². The van der Waals surface area contributed by atoms with E-state index in [2.05, 4.69) is 4.90 Å². The SMILES string of the molecule is CN(C(=O)OC(C)(C)C)C1CCCN(CCN)C1. The second kappa shape index (κ2) is 6.38. The van der Waals surface area contributed by atoms with E-state index in [1.165, 1.54) is 0 Å². The first-order valence-electron chi connectivity index (χ1n) is 6.71. The van der Waals surface area contributed by atoms with E-state index in [1.54, 1.807) is 4.90 Å². The van der Waals surface area contributed by atoms with Crippen molar-refractivity contribution < 1.29 is 9.53 Å². The van der Waals surface area contributed by atoms with E-state index < -0.39 is 5.60 Å². The van der Waals surface area contributed by atoms with Gasteiger partial charge in [0.25, 0.3) is 0 Å². The Balaban J connectivity index is 2.50. The normalized spacial score (nSPS) is 21.7. The summed E-state index contributed by atoms with van der Waals surface area (Å²) in [6.45, 7) is 9.21. The molecule has 0 aromatic rings. The Hall–Kier alpha value is -0.810. The van der Waals surface area contributed by atoms with Crippen molar-refractivity contribution in [1.29, 1.82) is 0 Å². The topological polar surface area (TPSA) is 58.8 Å². The molecule has 1 rings (SSSR count). The zero-order valence-corrected chi connectivity index (χ0v) is 12.1. The van der Waals surface area contributed by atoms with Crippen molar-refractivity contribution in [3.05, 3.63) is 0 Å². The van der Waals surface area contributed by atoms with Crippen LogP contribution in [0.15, 0.2) is 0 Å². The molecule has 0 aromatic heterocycles. The molecule has 1 aliphatic rings. The van der Waals surface area contributed by atoms with E-state index in [0.717, 1.165) is 32.5 Å². The van der Waals surface area contributed by atoms with Crippen LogP contribution in [-0.4, -0.2) is 60.8 Å². The molecule has 2 N–H and O–H groups in total. The van der Waals surface area contributed by atoms with E-state index >= 15 is 0 Å². The van der Waals surface area contributed by atoms with E-state index in [4.69, 9.17) is 10.5 Å². The number of rotatable bonds is 3. The molecule has 0 spiro atoms. The highest BCUT2D eigenvalue weighted by Crippen LogP contribution is 2.17. The van der Waals surface area contributed by atoms with Crippen LogP contribution in [0.2, 0.25) is 0 Å². The number of amides is 1. The molecule has 0 bridgehead atoms. The molecule has 1 atom stereocenters. The molecule has 1 saturated heterocycles. The first-order chi connectivity index (χ1) is 8.33. The van der Waals surface area contributed by atoms with Crippen LogP contribution in [0, 0.1) is 0 Å². The van der Waals surface area contributed by atoms with Gasteiger partial charge in [0.2, 0.25) is 0 Å². The molecule has 5 nitrogen and oxygen atoms in total. The molecule has 0 aliphatic carbocycles. The van der Waals surface area contributed by atoms with E-state index in [-0.39, 0.29) is 12.1 Å². The highest BCUT2D eigenvalue weighted by Gasteiger charge is 2.28. The van der Waals surface area contributed by atoms with E-state index in [0.29, 0.717) is 6.54 Å². The number of nitrogens with two attached hydrogens (primary N) is 1. The number of carbonyl (C=O) groups excluding carboxylic acids is 1. The fraction of sp³-hybridized carbons (Fsp3) is 0.923. The van der Waals surface area contributed by atoms with Crippen LogP contribution in [-0.2, 0) is 4.74 Å². The first kappa shape index (κ1) is 15.2. The van der Waals surface area contributed by atoms with Gasteiger partial charge in [-0.05, 0) is 40.2 Å². The molecule has 1 amide bonds. The third-order valence-electron chi connectivity index (χ3n) is 3.16. The summed E-state index contributed by atoms with van der Waals surface area (Å²) in [7, 11) is 1.82. The summed E-state index contributed by atoms with van der Waals surface area (Å²) in [5.74, 6) is 0. The third kappa shape index (κ3) is 4.82. The van der Waals surface area contributed by atoms with Gasteiger partial charge in [-0.1, -0.05) is 0 Å². The minimum Gasteiger partial charge on any atom is -0.444 e. The molecular weight excluding hydrogens is 230 g/mol. The fourth-order valence-electron chi connectivity index (χ4n) is 2.22. The maximum atomic E-state index is 12.0. The van der Waals surface area contributed by atoms with E-state index in [9.17, 15) is 4.79 Å². The number of carbonyl (C=O) groups is 1. The van der Waals surface area contributed by atoms with Crippen LogP contribution in [0.4, 0.5) is 4.79 Å². The number of hydrogen-bond acceptors (Lipinski definition) is 4. The molecule has 1 unspecified atom stereocenters. The fourth-order valence-corrected chi connectivity index (χ4v) is 2.22. The maximum absolute atomic E-state index is 12.0. The predicted octanol–water partition coefficient (Wildman–Crippen LogP) is 1.28. The van der Waals surface area contributed by atoms with Crippen LogP contribution < -0.4 is 5.73 Å². The minimum absolute atomic E-state index is 0.234.